The molecule has 6 nitrogen and oxygen atoms in total. The highest BCUT2D eigenvalue weighted by molar-refractivity contribution is 5.83. The second-order valence-corrected chi connectivity index (χ2v) is 6.10. The highest BCUT2D eigenvalue weighted by Gasteiger charge is 2.23. The molecule has 2 aromatic rings. The number of aromatic nitrogens is 2. The Kier molecular flexibility index (Phi) is 5.87. The average Bonchev–Trinajstić information content (AvgIpc) is 2.48. The minimum Gasteiger partial charge on any atom is -0.354 e. The van der Waals surface area contributed by atoms with E-state index >= 15 is 0 Å². The molecule has 0 aliphatic heterocycles. The van der Waals surface area contributed by atoms with Crippen LogP contribution in [-0.4, -0.2) is 41.4 Å². The van der Waals surface area contributed by atoms with E-state index in [1.165, 1.54) is 6.07 Å². The Bertz CT molecular complexity index is 768. The van der Waals surface area contributed by atoms with Crippen molar-refractivity contribution in [2.24, 2.45) is 0 Å². The summed E-state index contributed by atoms with van der Waals surface area (Å²) in [4.78, 5) is 32.9. The van der Waals surface area contributed by atoms with E-state index in [1.807, 2.05) is 50.2 Å². The first kappa shape index (κ1) is 17.9. The van der Waals surface area contributed by atoms with Crippen LogP contribution in [0.25, 0.3) is 0 Å². The Hall–Kier alpha value is -2.47. The minimum absolute atomic E-state index is 0.0655. The number of H-pyrrole nitrogens is 1. The van der Waals surface area contributed by atoms with Crippen molar-refractivity contribution in [3.8, 4) is 0 Å². The highest BCUT2D eigenvalue weighted by Crippen LogP contribution is 2.21. The fourth-order valence-corrected chi connectivity index (χ4v) is 2.71. The number of nitrogens with zero attached hydrogens (tertiary/aromatic N) is 2. The van der Waals surface area contributed by atoms with Gasteiger partial charge in [0.05, 0.1) is 0 Å². The fraction of sp³-hybridized carbons (Fsp3) is 0.389. The summed E-state index contributed by atoms with van der Waals surface area (Å²) >= 11 is 0. The Labute approximate surface area is 141 Å². The van der Waals surface area contributed by atoms with Gasteiger partial charge in [-0.3, -0.25) is 14.5 Å². The first-order valence-corrected chi connectivity index (χ1v) is 7.95. The predicted octanol–water partition coefficient (Wildman–Crippen LogP) is 1.35. The van der Waals surface area contributed by atoms with E-state index in [2.05, 4.69) is 15.3 Å². The molecule has 1 atom stereocenters. The topological polar surface area (TPSA) is 78.1 Å². The number of rotatable bonds is 6. The zero-order chi connectivity index (χ0) is 17.7. The number of carbonyl (C=O) groups is 1. The predicted molar refractivity (Wildman–Crippen MR) is 93.9 cm³/mol. The molecule has 2 rings (SSSR count). The molecule has 1 aromatic heterocycles. The molecule has 0 spiro atoms. The number of hydrogen-bond donors (Lipinski definition) is 2. The van der Waals surface area contributed by atoms with Crippen LogP contribution >= 0.6 is 0 Å². The maximum absolute atomic E-state index is 12.6. The molecular formula is C18H24N4O2. The van der Waals surface area contributed by atoms with Crippen LogP contribution in [0.4, 0.5) is 0 Å². The third-order valence-electron chi connectivity index (χ3n) is 3.83. The van der Waals surface area contributed by atoms with Gasteiger partial charge < -0.3 is 10.3 Å². The lowest BCUT2D eigenvalue weighted by atomic mass is 10.00. The largest absolute Gasteiger partial charge is 0.354 e. The van der Waals surface area contributed by atoms with Crippen molar-refractivity contribution < 1.29 is 4.79 Å². The third-order valence-corrected chi connectivity index (χ3v) is 3.83. The summed E-state index contributed by atoms with van der Waals surface area (Å²) in [6.07, 6.45) is 0.483. The maximum Gasteiger partial charge on any atom is 0.251 e. The lowest BCUT2D eigenvalue weighted by molar-refractivity contribution is -0.125. The van der Waals surface area contributed by atoms with Crippen molar-refractivity contribution >= 4 is 5.91 Å². The molecule has 24 heavy (non-hydrogen) atoms. The van der Waals surface area contributed by atoms with Gasteiger partial charge in [0.1, 0.15) is 11.9 Å². The first-order valence-electron chi connectivity index (χ1n) is 7.95. The number of benzene rings is 1. The van der Waals surface area contributed by atoms with Crippen molar-refractivity contribution in [3.63, 3.8) is 0 Å². The van der Waals surface area contributed by atoms with Crippen molar-refractivity contribution in [1.82, 2.24) is 20.2 Å². The van der Waals surface area contributed by atoms with Crippen molar-refractivity contribution in [2.45, 2.75) is 26.3 Å². The summed E-state index contributed by atoms with van der Waals surface area (Å²) in [6, 6.07) is 8.97. The summed E-state index contributed by atoms with van der Waals surface area (Å²) in [6.45, 7) is 4.19. The van der Waals surface area contributed by atoms with E-state index in [-0.39, 0.29) is 17.5 Å². The monoisotopic (exact) mass is 328 g/mol. The van der Waals surface area contributed by atoms with Crippen LogP contribution < -0.4 is 10.9 Å². The summed E-state index contributed by atoms with van der Waals surface area (Å²) < 4.78 is 0. The lowest BCUT2D eigenvalue weighted by Crippen LogP contribution is -2.38. The molecule has 0 aliphatic carbocycles. The Morgan fingerprint density at radius 3 is 2.62 bits per heavy atom. The van der Waals surface area contributed by atoms with E-state index in [9.17, 15) is 9.59 Å². The Balaban J connectivity index is 2.04. The lowest BCUT2D eigenvalue weighted by Gasteiger charge is -2.25. The second kappa shape index (κ2) is 7.88. The summed E-state index contributed by atoms with van der Waals surface area (Å²) in [5.41, 5.74) is 2.57. The number of nitrogens with one attached hydrogen (secondary N) is 2. The zero-order valence-corrected chi connectivity index (χ0v) is 14.6. The van der Waals surface area contributed by atoms with Gasteiger partial charge in [-0.25, -0.2) is 4.98 Å². The Morgan fingerprint density at radius 1 is 1.29 bits per heavy atom. The number of amides is 1. The average molecular weight is 328 g/mol. The first-order chi connectivity index (χ1) is 11.4. The standard InChI is InChI=1S/C18H24N4O2/c1-12-7-5-6-8-14(12)17(22(3)4)18(24)19-10-9-15-20-13(2)11-16(23)21-15/h5-8,11,17H,9-10H2,1-4H3,(H,19,24)(H,20,21,23)/t17-/m0/s1. The van der Waals surface area contributed by atoms with Gasteiger partial charge >= 0.3 is 0 Å². The van der Waals surface area contributed by atoms with Crippen LogP contribution in [-0.2, 0) is 11.2 Å². The molecule has 6 heteroatoms. The molecule has 0 saturated heterocycles. The van der Waals surface area contributed by atoms with E-state index in [4.69, 9.17) is 0 Å². The summed E-state index contributed by atoms with van der Waals surface area (Å²) in [5, 5.41) is 2.93. The number of aromatic amines is 1. The molecule has 128 valence electrons. The number of aryl methyl sites for hydroxylation is 2. The number of hydrogen-bond acceptors (Lipinski definition) is 4. The molecule has 1 amide bonds. The van der Waals surface area contributed by atoms with Gasteiger partial charge in [0.15, 0.2) is 0 Å². The molecule has 1 heterocycles. The minimum atomic E-state index is -0.351. The van der Waals surface area contributed by atoms with Gasteiger partial charge in [-0.15, -0.1) is 0 Å². The van der Waals surface area contributed by atoms with Crippen LogP contribution in [0.15, 0.2) is 35.1 Å². The molecule has 0 saturated carbocycles. The summed E-state index contributed by atoms with van der Waals surface area (Å²) in [7, 11) is 3.77. The van der Waals surface area contributed by atoms with Crippen LogP contribution in [0.5, 0.6) is 0 Å². The van der Waals surface area contributed by atoms with Crippen molar-refractivity contribution in [2.75, 3.05) is 20.6 Å². The zero-order valence-electron chi connectivity index (χ0n) is 14.6. The number of carbonyl (C=O) groups excluding carboxylic acids is 1. The van der Waals surface area contributed by atoms with Crippen LogP contribution in [0.2, 0.25) is 0 Å². The van der Waals surface area contributed by atoms with Gasteiger partial charge in [-0.1, -0.05) is 24.3 Å². The molecule has 0 unspecified atom stereocenters. The van der Waals surface area contributed by atoms with Gasteiger partial charge in [0.25, 0.3) is 5.56 Å². The summed E-state index contributed by atoms with van der Waals surface area (Å²) in [5.74, 6) is 0.516. The highest BCUT2D eigenvalue weighted by atomic mass is 16.2. The van der Waals surface area contributed by atoms with Crippen LogP contribution in [0, 0.1) is 13.8 Å². The van der Waals surface area contributed by atoms with Crippen LogP contribution in [0.3, 0.4) is 0 Å². The Morgan fingerprint density at radius 2 is 2.00 bits per heavy atom. The van der Waals surface area contributed by atoms with Gasteiger partial charge in [0, 0.05) is 24.7 Å². The molecule has 0 fully saturated rings. The van der Waals surface area contributed by atoms with Crippen molar-refractivity contribution in [1.29, 1.82) is 0 Å². The maximum atomic E-state index is 12.6. The molecular weight excluding hydrogens is 304 g/mol. The molecule has 0 radical (unpaired) electrons. The van der Waals surface area contributed by atoms with Crippen LogP contribution in [0.1, 0.15) is 28.7 Å². The van der Waals surface area contributed by atoms with E-state index in [0.29, 0.717) is 24.5 Å². The third kappa shape index (κ3) is 4.52. The number of likely N-dealkylation sites (N-methyl/N-ethyl adjacent to an activating group) is 1. The van der Waals surface area contributed by atoms with E-state index < -0.39 is 0 Å². The SMILES string of the molecule is Cc1cc(=O)[nH]c(CCNC(=O)[C@H](c2ccccc2C)N(C)C)n1. The van der Waals surface area contributed by atoms with Crippen molar-refractivity contribution in [3.05, 3.63) is 63.3 Å². The molecule has 2 N–H and O–H groups in total. The normalized spacial score (nSPS) is 12.2. The van der Waals surface area contributed by atoms with Gasteiger partial charge in [-0.2, -0.15) is 0 Å². The molecule has 0 bridgehead atoms. The van der Waals surface area contributed by atoms with E-state index in [0.717, 1.165) is 11.1 Å². The quantitative estimate of drug-likeness (QED) is 0.839. The van der Waals surface area contributed by atoms with Gasteiger partial charge in [0.2, 0.25) is 5.91 Å². The smallest absolute Gasteiger partial charge is 0.251 e. The second-order valence-electron chi connectivity index (χ2n) is 6.10. The fourth-order valence-electron chi connectivity index (χ4n) is 2.71. The van der Waals surface area contributed by atoms with Gasteiger partial charge in [-0.05, 0) is 39.1 Å². The van der Waals surface area contributed by atoms with E-state index in [1.54, 1.807) is 6.92 Å². The molecule has 0 aliphatic rings. The molecule has 1 aromatic carbocycles.